The molecule has 0 saturated heterocycles. The maximum absolute atomic E-state index is 3.50. The molecule has 1 heteroatoms. The molecule has 1 atom stereocenters. The van der Waals surface area contributed by atoms with Gasteiger partial charge in [-0.15, -0.1) is 0 Å². The second-order valence-corrected chi connectivity index (χ2v) is 3.74. The van der Waals surface area contributed by atoms with Gasteiger partial charge in [-0.1, -0.05) is 45.4 Å². The zero-order valence-corrected chi connectivity index (χ0v) is 9.47. The van der Waals surface area contributed by atoms with Crippen LogP contribution in [0.4, 0.5) is 0 Å². The molecular formula is C11H15Ti-. The van der Waals surface area contributed by atoms with E-state index in [0.717, 1.165) is 0 Å². The van der Waals surface area contributed by atoms with Gasteiger partial charge in [-0.2, -0.15) is 5.57 Å². The predicted molar refractivity (Wildman–Crippen MR) is 47.1 cm³/mol. The maximum atomic E-state index is 3.50. The van der Waals surface area contributed by atoms with Crippen molar-refractivity contribution in [3.8, 4) is 0 Å². The molecule has 0 aromatic heterocycles. The van der Waals surface area contributed by atoms with Crippen molar-refractivity contribution in [1.29, 1.82) is 0 Å². The molecule has 2 aliphatic rings. The summed E-state index contributed by atoms with van der Waals surface area (Å²) in [6.07, 6.45) is 8.91. The van der Waals surface area contributed by atoms with Crippen molar-refractivity contribution in [2.24, 2.45) is 5.92 Å². The summed E-state index contributed by atoms with van der Waals surface area (Å²) >= 11 is 0. The summed E-state index contributed by atoms with van der Waals surface area (Å²) < 4.78 is 0. The largest absolute Gasteiger partial charge is 0.249 e. The van der Waals surface area contributed by atoms with Crippen LogP contribution in [0.25, 0.3) is 0 Å². The van der Waals surface area contributed by atoms with E-state index in [9.17, 15) is 0 Å². The van der Waals surface area contributed by atoms with E-state index in [0.29, 0.717) is 5.92 Å². The molecule has 64 valence electrons. The molecule has 1 unspecified atom stereocenters. The standard InChI is InChI=1S/C11H15.Ti/c1-8-7-10-5-3-4-6-11(10)9(8)2;/h9H,3-6H2,1-2H3;/q-1;. The third kappa shape index (κ3) is 1.60. The Bertz CT molecular complexity index is 235. The van der Waals surface area contributed by atoms with Gasteiger partial charge >= 0.3 is 0 Å². The van der Waals surface area contributed by atoms with Gasteiger partial charge in [0.1, 0.15) is 0 Å². The predicted octanol–water partition coefficient (Wildman–Crippen LogP) is 3.25. The molecule has 0 N–H and O–H groups in total. The fraction of sp³-hybridized carbons (Fsp3) is 0.636. The zero-order chi connectivity index (χ0) is 7.84. The van der Waals surface area contributed by atoms with E-state index in [4.69, 9.17) is 0 Å². The summed E-state index contributed by atoms with van der Waals surface area (Å²) in [7, 11) is 0. The Balaban J connectivity index is 0.000000720. The van der Waals surface area contributed by atoms with Gasteiger partial charge in [-0.3, -0.25) is 0 Å². The number of hydrogen-bond donors (Lipinski definition) is 0. The van der Waals surface area contributed by atoms with Crippen LogP contribution < -0.4 is 0 Å². The number of allylic oxidation sites excluding steroid dienone is 4. The van der Waals surface area contributed by atoms with E-state index in [1.165, 1.54) is 31.3 Å². The number of hydrogen-bond acceptors (Lipinski definition) is 0. The summed E-state index contributed by atoms with van der Waals surface area (Å²) in [5.74, 6) is 0.713. The molecule has 0 saturated carbocycles. The second kappa shape index (κ2) is 3.93. The molecular weight excluding hydrogens is 180 g/mol. The maximum Gasteiger partial charge on any atom is 0 e. The van der Waals surface area contributed by atoms with Gasteiger partial charge in [0.05, 0.1) is 0 Å². The quantitative estimate of drug-likeness (QED) is 0.411. The summed E-state index contributed by atoms with van der Waals surface area (Å²) in [5.41, 5.74) is 4.69. The van der Waals surface area contributed by atoms with Gasteiger partial charge in [0.2, 0.25) is 0 Å². The van der Waals surface area contributed by atoms with Crippen molar-refractivity contribution in [3.63, 3.8) is 0 Å². The molecule has 0 spiro atoms. The molecule has 0 bridgehead atoms. The Labute approximate surface area is 90.0 Å². The van der Waals surface area contributed by atoms with Crippen molar-refractivity contribution in [2.75, 3.05) is 0 Å². The van der Waals surface area contributed by atoms with Crippen LogP contribution in [0, 0.1) is 12.0 Å². The summed E-state index contributed by atoms with van der Waals surface area (Å²) in [6.45, 7) is 4.53. The minimum Gasteiger partial charge on any atom is -0.249 e. The van der Waals surface area contributed by atoms with Crippen LogP contribution in [0.2, 0.25) is 0 Å². The van der Waals surface area contributed by atoms with Gasteiger partial charge in [-0.05, 0) is 0 Å². The Hall–Kier alpha value is 0.194. The van der Waals surface area contributed by atoms with Gasteiger partial charge in [0, 0.05) is 21.7 Å². The molecule has 12 heavy (non-hydrogen) atoms. The van der Waals surface area contributed by atoms with Gasteiger partial charge in [0.25, 0.3) is 0 Å². The van der Waals surface area contributed by atoms with Crippen molar-refractivity contribution < 1.29 is 21.7 Å². The first-order chi connectivity index (χ1) is 5.29. The first-order valence-corrected chi connectivity index (χ1v) is 4.61. The third-order valence-corrected chi connectivity index (χ3v) is 3.03. The van der Waals surface area contributed by atoms with Gasteiger partial charge < -0.3 is 0 Å². The summed E-state index contributed by atoms with van der Waals surface area (Å²) in [6, 6.07) is 0. The summed E-state index contributed by atoms with van der Waals surface area (Å²) in [4.78, 5) is 0. The Morgan fingerprint density at radius 1 is 1.25 bits per heavy atom. The molecule has 0 nitrogen and oxygen atoms in total. The normalized spacial score (nSPS) is 27.8. The molecule has 0 amide bonds. The molecule has 2 aliphatic carbocycles. The molecule has 0 radical (unpaired) electrons. The smallest absolute Gasteiger partial charge is 0 e. The summed E-state index contributed by atoms with van der Waals surface area (Å²) in [5, 5.41) is 0. The van der Waals surface area contributed by atoms with E-state index in [1.54, 1.807) is 11.1 Å². The van der Waals surface area contributed by atoms with E-state index in [1.807, 2.05) is 0 Å². The molecule has 2 rings (SSSR count). The van der Waals surface area contributed by atoms with E-state index in [-0.39, 0.29) is 21.7 Å². The minimum atomic E-state index is 0. The average Bonchev–Trinajstić information content (AvgIpc) is 2.30. The van der Waals surface area contributed by atoms with Crippen LogP contribution in [0.15, 0.2) is 16.7 Å². The first-order valence-electron chi connectivity index (χ1n) is 4.61. The van der Waals surface area contributed by atoms with Crippen molar-refractivity contribution >= 4 is 0 Å². The molecule has 0 aromatic rings. The van der Waals surface area contributed by atoms with E-state index < -0.39 is 0 Å². The van der Waals surface area contributed by atoms with E-state index >= 15 is 0 Å². The fourth-order valence-electron chi connectivity index (χ4n) is 2.16. The topological polar surface area (TPSA) is 0 Å². The Kier molecular flexibility index (Phi) is 3.37. The van der Waals surface area contributed by atoms with Crippen LogP contribution in [0.3, 0.4) is 0 Å². The molecule has 0 aliphatic heterocycles. The molecule has 0 fully saturated rings. The average molecular weight is 195 g/mol. The minimum absolute atomic E-state index is 0. The van der Waals surface area contributed by atoms with E-state index in [2.05, 4.69) is 19.9 Å². The molecule has 0 heterocycles. The van der Waals surface area contributed by atoms with Crippen molar-refractivity contribution in [3.05, 3.63) is 22.8 Å². The Morgan fingerprint density at radius 3 is 2.58 bits per heavy atom. The van der Waals surface area contributed by atoms with Crippen LogP contribution in [-0.4, -0.2) is 0 Å². The number of rotatable bonds is 0. The van der Waals surface area contributed by atoms with Crippen molar-refractivity contribution in [1.82, 2.24) is 0 Å². The molecule has 0 aromatic carbocycles. The second-order valence-electron chi connectivity index (χ2n) is 3.74. The SMILES string of the molecule is CC1=[C-]C2=C(CCCC2)C1C.[Ti]. The van der Waals surface area contributed by atoms with Crippen LogP contribution in [0.5, 0.6) is 0 Å². The van der Waals surface area contributed by atoms with Crippen LogP contribution in [0.1, 0.15) is 39.5 Å². The van der Waals surface area contributed by atoms with Crippen LogP contribution in [-0.2, 0) is 21.7 Å². The van der Waals surface area contributed by atoms with Crippen molar-refractivity contribution in [2.45, 2.75) is 39.5 Å². The fourth-order valence-corrected chi connectivity index (χ4v) is 2.16. The monoisotopic (exact) mass is 195 g/mol. The first kappa shape index (κ1) is 10.3. The Morgan fingerprint density at radius 2 is 1.92 bits per heavy atom. The van der Waals surface area contributed by atoms with Gasteiger partial charge in [0.15, 0.2) is 0 Å². The van der Waals surface area contributed by atoms with Gasteiger partial charge in [-0.25, -0.2) is 17.2 Å². The third-order valence-electron chi connectivity index (χ3n) is 3.03. The van der Waals surface area contributed by atoms with Crippen LogP contribution >= 0.6 is 0 Å². The zero-order valence-electron chi connectivity index (χ0n) is 7.91.